The largest absolute Gasteiger partial charge is 0.352 e. The summed E-state index contributed by atoms with van der Waals surface area (Å²) in [5.41, 5.74) is -0.666. The Morgan fingerprint density at radius 1 is 1.69 bits per heavy atom. The van der Waals surface area contributed by atoms with Crippen molar-refractivity contribution in [3.05, 3.63) is 0 Å². The molecule has 0 aromatic heterocycles. The topological polar surface area (TPSA) is 52.9 Å². The van der Waals surface area contributed by atoms with Gasteiger partial charge in [-0.2, -0.15) is 5.26 Å². The summed E-state index contributed by atoms with van der Waals surface area (Å²) >= 11 is 0. The van der Waals surface area contributed by atoms with Gasteiger partial charge in [-0.3, -0.25) is 4.79 Å². The van der Waals surface area contributed by atoms with E-state index >= 15 is 0 Å². The van der Waals surface area contributed by atoms with Crippen LogP contribution in [0.15, 0.2) is 0 Å². The number of nitrogens with zero attached hydrogens (tertiary/aromatic N) is 1. The first-order valence-electron chi connectivity index (χ1n) is 4.95. The maximum atomic E-state index is 11.6. The van der Waals surface area contributed by atoms with Crippen LogP contribution in [0.3, 0.4) is 0 Å². The quantitative estimate of drug-likeness (QED) is 0.690. The number of hydrogen-bond acceptors (Lipinski definition) is 2. The Kier molecular flexibility index (Phi) is 1.80. The van der Waals surface area contributed by atoms with Crippen LogP contribution in [-0.2, 0) is 4.79 Å². The lowest BCUT2D eigenvalue weighted by atomic mass is 9.81. The SMILES string of the molecule is CC[C@@H]1CC(C#N)(C2CC2)C(=O)N1. The molecule has 2 fully saturated rings. The molecule has 1 N–H and O–H groups in total. The molecule has 70 valence electrons. The second kappa shape index (κ2) is 2.73. The summed E-state index contributed by atoms with van der Waals surface area (Å²) in [6, 6.07) is 2.47. The summed E-state index contributed by atoms with van der Waals surface area (Å²) in [6.07, 6.45) is 3.76. The van der Waals surface area contributed by atoms with Gasteiger partial charge in [0.25, 0.3) is 0 Å². The van der Waals surface area contributed by atoms with Crippen molar-refractivity contribution in [1.82, 2.24) is 5.32 Å². The van der Waals surface area contributed by atoms with E-state index in [-0.39, 0.29) is 11.9 Å². The zero-order valence-corrected chi connectivity index (χ0v) is 7.84. The summed E-state index contributed by atoms with van der Waals surface area (Å²) in [7, 11) is 0. The summed E-state index contributed by atoms with van der Waals surface area (Å²) in [5.74, 6) is 0.318. The number of nitriles is 1. The maximum Gasteiger partial charge on any atom is 0.241 e. The third-order valence-electron chi connectivity index (χ3n) is 3.28. The second-order valence-electron chi connectivity index (χ2n) is 4.14. The number of amides is 1. The number of hydrogen-bond donors (Lipinski definition) is 1. The Balaban J connectivity index is 2.21. The highest BCUT2D eigenvalue weighted by Gasteiger charge is 2.56. The van der Waals surface area contributed by atoms with Gasteiger partial charge < -0.3 is 5.32 Å². The fourth-order valence-corrected chi connectivity index (χ4v) is 2.21. The van der Waals surface area contributed by atoms with Gasteiger partial charge in [-0.1, -0.05) is 6.92 Å². The van der Waals surface area contributed by atoms with Gasteiger partial charge in [0.1, 0.15) is 5.41 Å². The lowest BCUT2D eigenvalue weighted by Gasteiger charge is -2.15. The minimum atomic E-state index is -0.666. The van der Waals surface area contributed by atoms with Crippen LogP contribution in [-0.4, -0.2) is 11.9 Å². The molecule has 1 unspecified atom stereocenters. The zero-order chi connectivity index (χ0) is 9.47. The van der Waals surface area contributed by atoms with Crippen molar-refractivity contribution in [1.29, 1.82) is 5.26 Å². The number of carbonyl (C=O) groups excluding carboxylic acids is 1. The van der Waals surface area contributed by atoms with Crippen LogP contribution in [0.1, 0.15) is 32.6 Å². The summed E-state index contributed by atoms with van der Waals surface area (Å²) < 4.78 is 0. The molecule has 2 aliphatic rings. The third-order valence-corrected chi connectivity index (χ3v) is 3.28. The van der Waals surface area contributed by atoms with Crippen LogP contribution < -0.4 is 5.32 Å². The van der Waals surface area contributed by atoms with Crippen molar-refractivity contribution >= 4 is 5.91 Å². The van der Waals surface area contributed by atoms with E-state index in [1.165, 1.54) is 0 Å². The first-order chi connectivity index (χ1) is 6.23. The lowest BCUT2D eigenvalue weighted by molar-refractivity contribution is -0.126. The Hall–Kier alpha value is -1.04. The molecule has 2 atom stereocenters. The van der Waals surface area contributed by atoms with Gasteiger partial charge in [0.15, 0.2) is 0 Å². The van der Waals surface area contributed by atoms with Crippen molar-refractivity contribution in [2.45, 2.75) is 38.6 Å². The predicted octanol–water partition coefficient (Wildman–Crippen LogP) is 1.20. The average molecular weight is 178 g/mol. The van der Waals surface area contributed by atoms with Gasteiger partial charge in [-0.05, 0) is 31.6 Å². The standard InChI is InChI=1S/C10H14N2O/c1-2-8-5-10(6-11,7-3-4-7)9(13)12-8/h7-8H,2-5H2,1H3,(H,12,13)/t8-,10?/m1/s1. The van der Waals surface area contributed by atoms with Crippen LogP contribution in [0, 0.1) is 22.7 Å². The fraction of sp³-hybridized carbons (Fsp3) is 0.800. The summed E-state index contributed by atoms with van der Waals surface area (Å²) in [5, 5.41) is 12.0. The first-order valence-corrected chi connectivity index (χ1v) is 4.95. The highest BCUT2D eigenvalue weighted by atomic mass is 16.2. The maximum absolute atomic E-state index is 11.6. The van der Waals surface area contributed by atoms with E-state index in [0.717, 1.165) is 25.7 Å². The molecule has 1 aliphatic heterocycles. The van der Waals surface area contributed by atoms with Gasteiger partial charge in [0.05, 0.1) is 6.07 Å². The number of rotatable bonds is 2. The molecule has 0 aromatic carbocycles. The average Bonchev–Trinajstić information content (AvgIpc) is 2.92. The Labute approximate surface area is 78.1 Å². The molecule has 3 nitrogen and oxygen atoms in total. The van der Waals surface area contributed by atoms with E-state index in [4.69, 9.17) is 5.26 Å². The van der Waals surface area contributed by atoms with E-state index in [9.17, 15) is 4.79 Å². The van der Waals surface area contributed by atoms with Crippen molar-refractivity contribution in [2.24, 2.45) is 11.3 Å². The highest BCUT2D eigenvalue weighted by molar-refractivity contribution is 5.88. The van der Waals surface area contributed by atoms with E-state index in [2.05, 4.69) is 11.4 Å². The van der Waals surface area contributed by atoms with Crippen molar-refractivity contribution < 1.29 is 4.79 Å². The Morgan fingerprint density at radius 3 is 2.77 bits per heavy atom. The first kappa shape index (κ1) is 8.55. The molecule has 1 saturated carbocycles. The smallest absolute Gasteiger partial charge is 0.241 e. The van der Waals surface area contributed by atoms with Crippen LogP contribution >= 0.6 is 0 Å². The van der Waals surface area contributed by atoms with E-state index < -0.39 is 5.41 Å². The van der Waals surface area contributed by atoms with Gasteiger partial charge in [-0.25, -0.2) is 0 Å². The van der Waals surface area contributed by atoms with E-state index in [0.29, 0.717) is 5.92 Å². The van der Waals surface area contributed by atoms with E-state index in [1.807, 2.05) is 6.92 Å². The monoisotopic (exact) mass is 178 g/mol. The molecule has 13 heavy (non-hydrogen) atoms. The molecule has 0 radical (unpaired) electrons. The van der Waals surface area contributed by atoms with Crippen LogP contribution in [0.4, 0.5) is 0 Å². The zero-order valence-electron chi connectivity index (χ0n) is 7.84. The minimum Gasteiger partial charge on any atom is -0.352 e. The Morgan fingerprint density at radius 2 is 2.38 bits per heavy atom. The normalized spacial score (nSPS) is 38.5. The van der Waals surface area contributed by atoms with Gasteiger partial charge in [0.2, 0.25) is 5.91 Å². The molecule has 2 rings (SSSR count). The molecule has 0 bridgehead atoms. The molecule has 1 heterocycles. The molecular formula is C10H14N2O. The second-order valence-corrected chi connectivity index (χ2v) is 4.14. The lowest BCUT2D eigenvalue weighted by Crippen LogP contribution is -2.32. The molecule has 0 spiro atoms. The van der Waals surface area contributed by atoms with Crippen molar-refractivity contribution in [3.63, 3.8) is 0 Å². The van der Waals surface area contributed by atoms with Crippen LogP contribution in [0.2, 0.25) is 0 Å². The predicted molar refractivity (Wildman–Crippen MR) is 47.6 cm³/mol. The molecule has 1 amide bonds. The molecule has 3 heteroatoms. The molecule has 1 saturated heterocycles. The molecular weight excluding hydrogens is 164 g/mol. The third kappa shape index (κ3) is 1.13. The molecule has 0 aromatic rings. The summed E-state index contributed by atoms with van der Waals surface area (Å²) in [4.78, 5) is 11.6. The van der Waals surface area contributed by atoms with Crippen molar-refractivity contribution in [2.75, 3.05) is 0 Å². The number of nitrogens with one attached hydrogen (secondary N) is 1. The van der Waals surface area contributed by atoms with Gasteiger partial charge in [-0.15, -0.1) is 0 Å². The van der Waals surface area contributed by atoms with Crippen LogP contribution in [0.5, 0.6) is 0 Å². The highest BCUT2D eigenvalue weighted by Crippen LogP contribution is 2.50. The molecule has 1 aliphatic carbocycles. The minimum absolute atomic E-state index is 0.0237. The van der Waals surface area contributed by atoms with E-state index in [1.54, 1.807) is 0 Å². The number of carbonyl (C=O) groups is 1. The van der Waals surface area contributed by atoms with Gasteiger partial charge in [0, 0.05) is 6.04 Å². The fourth-order valence-electron chi connectivity index (χ4n) is 2.21. The van der Waals surface area contributed by atoms with Gasteiger partial charge >= 0.3 is 0 Å². The summed E-state index contributed by atoms with van der Waals surface area (Å²) in [6.45, 7) is 2.05. The van der Waals surface area contributed by atoms with Crippen LogP contribution in [0.25, 0.3) is 0 Å². The Bertz CT molecular complexity index is 277. The van der Waals surface area contributed by atoms with Crippen molar-refractivity contribution in [3.8, 4) is 6.07 Å².